The van der Waals surface area contributed by atoms with Gasteiger partial charge in [-0.3, -0.25) is 0 Å². The summed E-state index contributed by atoms with van der Waals surface area (Å²) in [5.74, 6) is 0.371. The van der Waals surface area contributed by atoms with Crippen molar-refractivity contribution in [2.75, 3.05) is 6.54 Å². The number of phenols is 1. The van der Waals surface area contributed by atoms with Gasteiger partial charge in [-0.15, -0.1) is 12.4 Å². The number of phenolic OH excluding ortho intramolecular Hbond substituents is 1. The number of hydrogen-bond acceptors (Lipinski definition) is 3. The average molecular weight is 357 g/mol. The number of nitrogens with two attached hydrogens (primary N) is 1. The highest BCUT2D eigenvalue weighted by Gasteiger charge is 2.14. The maximum Gasteiger partial charge on any atom is 0.274 e. The number of halogens is 1. The summed E-state index contributed by atoms with van der Waals surface area (Å²) in [5, 5.41) is 14.3. The van der Waals surface area contributed by atoms with Gasteiger partial charge in [0, 0.05) is 12.5 Å². The summed E-state index contributed by atoms with van der Waals surface area (Å²) in [6.45, 7) is 0.306. The number of aromatic hydroxyl groups is 1. The van der Waals surface area contributed by atoms with E-state index in [-0.39, 0.29) is 24.1 Å². The van der Waals surface area contributed by atoms with Gasteiger partial charge in [0.25, 0.3) is 10.2 Å². The molecule has 0 bridgehead atoms. The Bertz CT molecular complexity index is 691. The van der Waals surface area contributed by atoms with Gasteiger partial charge in [0.05, 0.1) is 0 Å². The molecule has 5 nitrogen and oxygen atoms in total. The van der Waals surface area contributed by atoms with Gasteiger partial charge >= 0.3 is 0 Å². The lowest BCUT2D eigenvalue weighted by atomic mass is 9.87. The van der Waals surface area contributed by atoms with E-state index in [1.54, 1.807) is 12.1 Å². The summed E-state index contributed by atoms with van der Waals surface area (Å²) in [6, 6.07) is 17.1. The van der Waals surface area contributed by atoms with Crippen molar-refractivity contribution in [3.8, 4) is 5.75 Å². The minimum absolute atomic E-state index is 0. The molecule has 0 radical (unpaired) electrons. The summed E-state index contributed by atoms with van der Waals surface area (Å²) in [5.41, 5.74) is 2.24. The molecule has 2 aromatic rings. The molecular formula is C16H21ClN2O3S. The summed E-state index contributed by atoms with van der Waals surface area (Å²) in [7, 11) is -3.64. The maximum absolute atomic E-state index is 10.9. The summed E-state index contributed by atoms with van der Waals surface area (Å²) in [6.07, 6.45) is 1.44. The molecule has 1 unspecified atom stereocenters. The Hall–Kier alpha value is -1.60. The largest absolute Gasteiger partial charge is 0.508 e. The second-order valence-corrected chi connectivity index (χ2v) is 6.52. The van der Waals surface area contributed by atoms with Crippen molar-refractivity contribution in [3.63, 3.8) is 0 Å². The Labute approximate surface area is 143 Å². The lowest BCUT2D eigenvalue weighted by Gasteiger charge is -2.18. The molecule has 0 heterocycles. The predicted molar refractivity (Wildman–Crippen MR) is 94.0 cm³/mol. The molecule has 0 aromatic heterocycles. The van der Waals surface area contributed by atoms with Crippen molar-refractivity contribution in [1.29, 1.82) is 0 Å². The minimum atomic E-state index is -3.64. The van der Waals surface area contributed by atoms with Crippen LogP contribution in [0, 0.1) is 0 Å². The quantitative estimate of drug-likeness (QED) is 0.665. The lowest BCUT2D eigenvalue weighted by Crippen LogP contribution is -2.31. The van der Waals surface area contributed by atoms with E-state index in [0.717, 1.165) is 17.5 Å². The van der Waals surface area contributed by atoms with E-state index in [1.165, 1.54) is 0 Å². The molecule has 0 fully saturated rings. The molecule has 0 spiro atoms. The fourth-order valence-electron chi connectivity index (χ4n) is 2.44. The van der Waals surface area contributed by atoms with E-state index in [1.807, 2.05) is 42.5 Å². The van der Waals surface area contributed by atoms with Gasteiger partial charge in [-0.2, -0.15) is 8.42 Å². The third-order valence-electron chi connectivity index (χ3n) is 3.47. The number of benzene rings is 2. The van der Waals surface area contributed by atoms with Crippen LogP contribution < -0.4 is 9.86 Å². The maximum atomic E-state index is 10.9. The van der Waals surface area contributed by atoms with Crippen LogP contribution in [0.5, 0.6) is 5.75 Å². The average Bonchev–Trinajstić information content (AvgIpc) is 2.48. The molecule has 23 heavy (non-hydrogen) atoms. The predicted octanol–water partition coefficient (Wildman–Crippen LogP) is 2.52. The van der Waals surface area contributed by atoms with Crippen LogP contribution in [-0.4, -0.2) is 20.1 Å². The highest BCUT2D eigenvalue weighted by molar-refractivity contribution is 7.87. The van der Waals surface area contributed by atoms with Crippen LogP contribution in [0.2, 0.25) is 0 Å². The van der Waals surface area contributed by atoms with E-state index in [4.69, 9.17) is 5.14 Å². The van der Waals surface area contributed by atoms with Gasteiger partial charge in [0.15, 0.2) is 0 Å². The molecule has 0 aliphatic carbocycles. The van der Waals surface area contributed by atoms with E-state index in [2.05, 4.69) is 4.72 Å². The van der Waals surface area contributed by atoms with Crippen LogP contribution in [0.4, 0.5) is 0 Å². The first-order valence-electron chi connectivity index (χ1n) is 7.07. The van der Waals surface area contributed by atoms with Crippen molar-refractivity contribution in [3.05, 3.63) is 65.7 Å². The summed E-state index contributed by atoms with van der Waals surface area (Å²) < 4.78 is 24.1. The number of nitrogens with one attached hydrogen (secondary N) is 1. The SMILES string of the molecule is Cl.NS(=O)(=O)NCCCC(c1ccccc1)c1ccc(O)cc1. The Morgan fingerprint density at radius 1 is 1.00 bits per heavy atom. The van der Waals surface area contributed by atoms with Crippen molar-refractivity contribution in [2.45, 2.75) is 18.8 Å². The zero-order valence-corrected chi connectivity index (χ0v) is 14.2. The molecule has 4 N–H and O–H groups in total. The third-order valence-corrected chi connectivity index (χ3v) is 4.08. The Kier molecular flexibility index (Phi) is 7.51. The summed E-state index contributed by atoms with van der Waals surface area (Å²) >= 11 is 0. The van der Waals surface area contributed by atoms with Gasteiger partial charge in [-0.25, -0.2) is 9.86 Å². The van der Waals surface area contributed by atoms with Crippen molar-refractivity contribution < 1.29 is 13.5 Å². The van der Waals surface area contributed by atoms with Crippen LogP contribution in [-0.2, 0) is 10.2 Å². The normalized spacial score (nSPS) is 12.4. The van der Waals surface area contributed by atoms with Gasteiger partial charge < -0.3 is 5.11 Å². The third kappa shape index (κ3) is 6.58. The van der Waals surface area contributed by atoms with E-state index in [0.29, 0.717) is 13.0 Å². The summed E-state index contributed by atoms with van der Waals surface area (Å²) in [4.78, 5) is 0. The van der Waals surface area contributed by atoms with Gasteiger partial charge in [0.2, 0.25) is 0 Å². The molecular weight excluding hydrogens is 336 g/mol. The van der Waals surface area contributed by atoms with Gasteiger partial charge in [-0.05, 0) is 36.1 Å². The van der Waals surface area contributed by atoms with Crippen LogP contribution in [0.3, 0.4) is 0 Å². The molecule has 0 aliphatic rings. The Morgan fingerprint density at radius 2 is 1.57 bits per heavy atom. The topological polar surface area (TPSA) is 92.4 Å². The molecule has 0 saturated heterocycles. The number of rotatable bonds is 7. The monoisotopic (exact) mass is 356 g/mol. The Morgan fingerprint density at radius 3 is 2.13 bits per heavy atom. The molecule has 2 aromatic carbocycles. The van der Waals surface area contributed by atoms with Gasteiger partial charge in [0.1, 0.15) is 5.75 Å². The number of hydrogen-bond donors (Lipinski definition) is 3. The molecule has 1 atom stereocenters. The van der Waals surface area contributed by atoms with Gasteiger partial charge in [-0.1, -0.05) is 42.5 Å². The molecule has 0 amide bonds. The van der Waals surface area contributed by atoms with Crippen LogP contribution in [0.25, 0.3) is 0 Å². The zero-order valence-electron chi connectivity index (χ0n) is 12.6. The van der Waals surface area contributed by atoms with Crippen LogP contribution in [0.15, 0.2) is 54.6 Å². The standard InChI is InChI=1S/C16H20N2O3S.ClH/c17-22(20,21)18-12-4-7-16(13-5-2-1-3-6-13)14-8-10-15(19)11-9-14;/h1-3,5-6,8-11,16,18-19H,4,7,12H2,(H2,17,20,21);1H. The molecule has 126 valence electrons. The van der Waals surface area contributed by atoms with E-state index in [9.17, 15) is 13.5 Å². The zero-order chi connectivity index (χ0) is 16.0. The van der Waals surface area contributed by atoms with Crippen molar-refractivity contribution >= 4 is 22.6 Å². The molecule has 7 heteroatoms. The van der Waals surface area contributed by atoms with E-state index >= 15 is 0 Å². The second kappa shape index (κ2) is 8.88. The molecule has 0 aliphatic heterocycles. The van der Waals surface area contributed by atoms with Crippen LogP contribution in [0.1, 0.15) is 29.9 Å². The lowest BCUT2D eigenvalue weighted by molar-refractivity contribution is 0.475. The minimum Gasteiger partial charge on any atom is -0.508 e. The van der Waals surface area contributed by atoms with E-state index < -0.39 is 10.2 Å². The fraction of sp³-hybridized carbons (Fsp3) is 0.250. The fourth-order valence-corrected chi connectivity index (χ4v) is 2.87. The smallest absolute Gasteiger partial charge is 0.274 e. The first kappa shape index (κ1) is 19.4. The molecule has 2 rings (SSSR count). The first-order valence-corrected chi connectivity index (χ1v) is 8.61. The Balaban J connectivity index is 0.00000264. The van der Waals surface area contributed by atoms with Crippen LogP contribution >= 0.6 is 12.4 Å². The highest BCUT2D eigenvalue weighted by atomic mass is 35.5. The highest BCUT2D eigenvalue weighted by Crippen LogP contribution is 2.30. The van der Waals surface area contributed by atoms with Crippen molar-refractivity contribution in [2.24, 2.45) is 5.14 Å². The molecule has 0 saturated carbocycles. The van der Waals surface area contributed by atoms with Crippen molar-refractivity contribution in [1.82, 2.24) is 4.72 Å². The first-order chi connectivity index (χ1) is 10.5. The second-order valence-electron chi connectivity index (χ2n) is 5.14.